The van der Waals surface area contributed by atoms with Gasteiger partial charge in [0.25, 0.3) is 11.8 Å². The molecule has 2 saturated carbocycles. The average molecular weight is 197 g/mol. The molecule has 0 aromatic rings. The predicted octanol–water partition coefficient (Wildman–Crippen LogP) is 1.89. The molecule has 0 amide bonds. The first-order valence-electron chi connectivity index (χ1n) is 4.38. The highest BCUT2D eigenvalue weighted by Gasteiger charge is 2.58. The SMILES string of the molecule is FC1(F)CC1CNCC1CC1(F)F. The Balaban J connectivity index is 1.56. The number of halogens is 4. The minimum absolute atomic E-state index is 0.0962. The molecule has 0 radical (unpaired) electrons. The molecule has 0 bridgehead atoms. The topological polar surface area (TPSA) is 12.0 Å². The van der Waals surface area contributed by atoms with Crippen molar-refractivity contribution in [1.29, 1.82) is 0 Å². The molecule has 2 atom stereocenters. The van der Waals surface area contributed by atoms with Crippen LogP contribution in [0, 0.1) is 11.8 Å². The lowest BCUT2D eigenvalue weighted by Gasteiger charge is -2.02. The van der Waals surface area contributed by atoms with Crippen LogP contribution in [0.3, 0.4) is 0 Å². The summed E-state index contributed by atoms with van der Waals surface area (Å²) < 4.78 is 49.2. The van der Waals surface area contributed by atoms with Crippen molar-refractivity contribution in [2.75, 3.05) is 13.1 Å². The minimum Gasteiger partial charge on any atom is -0.316 e. The summed E-state index contributed by atoms with van der Waals surface area (Å²) in [5.41, 5.74) is 0. The summed E-state index contributed by atoms with van der Waals surface area (Å²) in [7, 11) is 0. The van der Waals surface area contributed by atoms with E-state index in [0.717, 1.165) is 0 Å². The molecule has 2 aliphatic carbocycles. The molecule has 5 heteroatoms. The normalized spacial score (nSPS) is 38.8. The van der Waals surface area contributed by atoms with Crippen LogP contribution in [-0.4, -0.2) is 24.9 Å². The molecule has 0 aromatic heterocycles. The van der Waals surface area contributed by atoms with E-state index in [9.17, 15) is 17.6 Å². The lowest BCUT2D eigenvalue weighted by Crippen LogP contribution is -2.23. The zero-order valence-electron chi connectivity index (χ0n) is 6.99. The van der Waals surface area contributed by atoms with Crippen LogP contribution in [0.15, 0.2) is 0 Å². The van der Waals surface area contributed by atoms with Gasteiger partial charge in [-0.15, -0.1) is 0 Å². The van der Waals surface area contributed by atoms with Crippen molar-refractivity contribution >= 4 is 0 Å². The van der Waals surface area contributed by atoms with Gasteiger partial charge in [-0.25, -0.2) is 17.6 Å². The first-order valence-corrected chi connectivity index (χ1v) is 4.38. The number of nitrogens with one attached hydrogen (secondary N) is 1. The van der Waals surface area contributed by atoms with Gasteiger partial charge in [0.05, 0.1) is 0 Å². The first kappa shape index (κ1) is 9.24. The third-order valence-corrected chi connectivity index (χ3v) is 2.69. The summed E-state index contributed by atoms with van der Waals surface area (Å²) in [4.78, 5) is 0. The van der Waals surface area contributed by atoms with Gasteiger partial charge in [-0.3, -0.25) is 0 Å². The van der Waals surface area contributed by atoms with Crippen LogP contribution in [-0.2, 0) is 0 Å². The van der Waals surface area contributed by atoms with Gasteiger partial charge >= 0.3 is 0 Å². The summed E-state index contributed by atoms with van der Waals surface area (Å²) in [5.74, 6) is -6.34. The lowest BCUT2D eigenvalue weighted by molar-refractivity contribution is 0.0940. The summed E-state index contributed by atoms with van der Waals surface area (Å²) in [6.07, 6.45) is -0.192. The largest absolute Gasteiger partial charge is 0.316 e. The van der Waals surface area contributed by atoms with Gasteiger partial charge in [-0.1, -0.05) is 0 Å². The third kappa shape index (κ3) is 1.95. The van der Waals surface area contributed by atoms with Gasteiger partial charge < -0.3 is 5.32 Å². The second kappa shape index (κ2) is 2.59. The van der Waals surface area contributed by atoms with Crippen molar-refractivity contribution in [1.82, 2.24) is 5.32 Å². The van der Waals surface area contributed by atoms with Crippen LogP contribution in [0.2, 0.25) is 0 Å². The van der Waals surface area contributed by atoms with Gasteiger partial charge in [-0.05, 0) is 0 Å². The van der Waals surface area contributed by atoms with Gasteiger partial charge in [0, 0.05) is 37.8 Å². The van der Waals surface area contributed by atoms with Crippen molar-refractivity contribution < 1.29 is 17.6 Å². The lowest BCUT2D eigenvalue weighted by atomic mass is 10.3. The molecule has 13 heavy (non-hydrogen) atoms. The quantitative estimate of drug-likeness (QED) is 0.678. The molecule has 2 unspecified atom stereocenters. The monoisotopic (exact) mass is 197 g/mol. The van der Waals surface area contributed by atoms with E-state index in [1.54, 1.807) is 0 Å². The van der Waals surface area contributed by atoms with Crippen LogP contribution in [0.1, 0.15) is 12.8 Å². The smallest absolute Gasteiger partial charge is 0.252 e. The summed E-state index contributed by atoms with van der Waals surface area (Å²) in [5, 5.41) is 2.66. The second-order valence-corrected chi connectivity index (χ2v) is 3.98. The molecule has 76 valence electrons. The molecule has 0 aromatic carbocycles. The molecule has 0 spiro atoms. The molecule has 0 heterocycles. The fourth-order valence-electron chi connectivity index (χ4n) is 1.41. The van der Waals surface area contributed by atoms with Crippen LogP contribution in [0.5, 0.6) is 0 Å². The van der Waals surface area contributed by atoms with E-state index < -0.39 is 23.7 Å². The van der Waals surface area contributed by atoms with E-state index in [2.05, 4.69) is 5.32 Å². The standard InChI is InChI=1S/C8H11F4N/c9-7(10)1-5(7)3-13-4-6-2-8(6,11)12/h5-6,13H,1-4H2. The fraction of sp³-hybridized carbons (Fsp3) is 1.00. The maximum atomic E-state index is 12.3. The van der Waals surface area contributed by atoms with Crippen LogP contribution < -0.4 is 5.32 Å². The second-order valence-electron chi connectivity index (χ2n) is 3.98. The van der Waals surface area contributed by atoms with E-state index >= 15 is 0 Å². The van der Waals surface area contributed by atoms with Crippen molar-refractivity contribution in [3.05, 3.63) is 0 Å². The van der Waals surface area contributed by atoms with E-state index in [4.69, 9.17) is 0 Å². The maximum absolute atomic E-state index is 12.3. The summed E-state index contributed by atoms with van der Waals surface area (Å²) in [6.45, 7) is 0.333. The maximum Gasteiger partial charge on any atom is 0.252 e. The molecular formula is C8H11F4N. The predicted molar refractivity (Wildman–Crippen MR) is 39.0 cm³/mol. The Morgan fingerprint density at radius 3 is 1.46 bits per heavy atom. The number of rotatable bonds is 4. The number of hydrogen-bond donors (Lipinski definition) is 1. The molecule has 2 fully saturated rings. The summed E-state index contributed by atoms with van der Waals surface area (Å²) in [6, 6.07) is 0. The molecule has 1 nitrogen and oxygen atoms in total. The Kier molecular flexibility index (Phi) is 1.84. The van der Waals surface area contributed by atoms with Crippen LogP contribution >= 0.6 is 0 Å². The van der Waals surface area contributed by atoms with Crippen molar-refractivity contribution in [3.8, 4) is 0 Å². The fourth-order valence-corrected chi connectivity index (χ4v) is 1.41. The highest BCUT2D eigenvalue weighted by Crippen LogP contribution is 2.49. The van der Waals surface area contributed by atoms with Gasteiger partial charge in [0.1, 0.15) is 0 Å². The Bertz CT molecular complexity index is 194. The number of hydrogen-bond acceptors (Lipinski definition) is 1. The van der Waals surface area contributed by atoms with E-state index in [1.807, 2.05) is 0 Å². The highest BCUT2D eigenvalue weighted by molar-refractivity contribution is 4.99. The molecular weight excluding hydrogens is 186 g/mol. The molecule has 0 aliphatic heterocycles. The highest BCUT2D eigenvalue weighted by atomic mass is 19.3. The van der Waals surface area contributed by atoms with Gasteiger partial charge in [0.2, 0.25) is 0 Å². The van der Waals surface area contributed by atoms with E-state index in [0.29, 0.717) is 0 Å². The Morgan fingerprint density at radius 1 is 0.923 bits per heavy atom. The van der Waals surface area contributed by atoms with Crippen molar-refractivity contribution in [3.63, 3.8) is 0 Å². The Hall–Kier alpha value is -0.320. The van der Waals surface area contributed by atoms with Crippen molar-refractivity contribution in [2.45, 2.75) is 24.7 Å². The molecule has 0 saturated heterocycles. The molecule has 1 N–H and O–H groups in total. The van der Waals surface area contributed by atoms with E-state index in [-0.39, 0.29) is 25.9 Å². The van der Waals surface area contributed by atoms with E-state index in [1.165, 1.54) is 0 Å². The zero-order valence-corrected chi connectivity index (χ0v) is 6.99. The number of alkyl halides is 4. The van der Waals surface area contributed by atoms with Crippen molar-refractivity contribution in [2.24, 2.45) is 11.8 Å². The Morgan fingerprint density at radius 2 is 1.23 bits per heavy atom. The summed E-state index contributed by atoms with van der Waals surface area (Å²) >= 11 is 0. The molecule has 2 aliphatic rings. The zero-order chi connectivity index (χ0) is 9.69. The van der Waals surface area contributed by atoms with Gasteiger partial charge in [-0.2, -0.15) is 0 Å². The Labute approximate surface area is 73.5 Å². The van der Waals surface area contributed by atoms with Gasteiger partial charge in [0.15, 0.2) is 0 Å². The average Bonchev–Trinajstić information content (AvgIpc) is 2.75. The molecule has 2 rings (SSSR count). The third-order valence-electron chi connectivity index (χ3n) is 2.69. The first-order chi connectivity index (χ1) is 5.92. The van der Waals surface area contributed by atoms with Crippen LogP contribution in [0.4, 0.5) is 17.6 Å². The minimum atomic E-state index is -2.54. The van der Waals surface area contributed by atoms with Crippen LogP contribution in [0.25, 0.3) is 0 Å².